The number of hydrogen-bond donors (Lipinski definition) is 2. The van der Waals surface area contributed by atoms with E-state index in [-0.39, 0.29) is 17.1 Å². The average Bonchev–Trinajstić information content (AvgIpc) is 2.69. The topological polar surface area (TPSA) is 67.4 Å². The Hall–Kier alpha value is -2.47. The monoisotopic (exact) mass is 414 g/mol. The van der Waals surface area contributed by atoms with Crippen LogP contribution in [-0.2, 0) is 9.59 Å². The van der Waals surface area contributed by atoms with Gasteiger partial charge in [-0.1, -0.05) is 18.2 Å². The number of amides is 2. The van der Waals surface area contributed by atoms with E-state index in [0.717, 1.165) is 40.4 Å². The molecule has 0 saturated heterocycles. The van der Waals surface area contributed by atoms with E-state index in [4.69, 9.17) is 4.74 Å². The van der Waals surface area contributed by atoms with E-state index in [2.05, 4.69) is 10.6 Å². The summed E-state index contributed by atoms with van der Waals surface area (Å²) in [5.74, 6) is 1.50. The maximum absolute atomic E-state index is 12.3. The summed E-state index contributed by atoms with van der Waals surface area (Å²) in [4.78, 5) is 24.5. The maximum atomic E-state index is 12.3. The third kappa shape index (κ3) is 7.46. The SMILES string of the molecule is CCOc1ccc(NC(=O)C(C)SCCCC(=O)Nc2c(C)cccc2C)cc1. The molecule has 0 heterocycles. The molecule has 0 bridgehead atoms. The molecule has 0 aromatic heterocycles. The zero-order chi connectivity index (χ0) is 21.2. The number of anilines is 2. The molecule has 0 radical (unpaired) electrons. The van der Waals surface area contributed by atoms with Crippen LogP contribution in [0.2, 0.25) is 0 Å². The number of ether oxygens (including phenoxy) is 1. The third-order valence-corrected chi connectivity index (χ3v) is 5.70. The van der Waals surface area contributed by atoms with Gasteiger partial charge in [-0.15, -0.1) is 11.8 Å². The van der Waals surface area contributed by atoms with E-state index >= 15 is 0 Å². The Morgan fingerprint density at radius 3 is 2.31 bits per heavy atom. The van der Waals surface area contributed by atoms with Gasteiger partial charge in [0.05, 0.1) is 11.9 Å². The number of thioether (sulfide) groups is 1. The molecule has 0 aliphatic heterocycles. The van der Waals surface area contributed by atoms with Crippen molar-refractivity contribution in [1.29, 1.82) is 0 Å². The Labute approximate surface area is 177 Å². The van der Waals surface area contributed by atoms with Gasteiger partial charge in [-0.25, -0.2) is 0 Å². The summed E-state index contributed by atoms with van der Waals surface area (Å²) in [5, 5.41) is 5.72. The van der Waals surface area contributed by atoms with Crippen molar-refractivity contribution in [3.05, 3.63) is 53.6 Å². The van der Waals surface area contributed by atoms with E-state index < -0.39 is 0 Å². The van der Waals surface area contributed by atoms with Crippen LogP contribution in [0.1, 0.15) is 37.8 Å². The lowest BCUT2D eigenvalue weighted by Crippen LogP contribution is -2.23. The van der Waals surface area contributed by atoms with Crippen molar-refractivity contribution in [2.45, 2.75) is 45.8 Å². The van der Waals surface area contributed by atoms with Crippen molar-refractivity contribution in [1.82, 2.24) is 0 Å². The quantitative estimate of drug-likeness (QED) is 0.526. The molecule has 0 spiro atoms. The van der Waals surface area contributed by atoms with Gasteiger partial charge in [0, 0.05) is 17.8 Å². The Balaban J connectivity index is 1.70. The van der Waals surface area contributed by atoms with E-state index in [1.807, 2.05) is 70.2 Å². The second kappa shape index (κ2) is 11.5. The number of carbonyl (C=O) groups is 2. The fourth-order valence-corrected chi connectivity index (χ4v) is 3.70. The molecule has 6 heteroatoms. The summed E-state index contributed by atoms with van der Waals surface area (Å²) in [5.41, 5.74) is 3.77. The van der Waals surface area contributed by atoms with E-state index in [1.54, 1.807) is 11.8 Å². The molecule has 0 aliphatic carbocycles. The number of hydrogen-bond acceptors (Lipinski definition) is 4. The highest BCUT2D eigenvalue weighted by atomic mass is 32.2. The first-order valence-corrected chi connectivity index (χ1v) is 11.0. The molecule has 0 fully saturated rings. The van der Waals surface area contributed by atoms with Crippen molar-refractivity contribution in [3.8, 4) is 5.75 Å². The van der Waals surface area contributed by atoms with Crippen LogP contribution in [0.3, 0.4) is 0 Å². The third-order valence-electron chi connectivity index (χ3n) is 4.46. The first-order chi connectivity index (χ1) is 13.9. The average molecular weight is 415 g/mol. The molecular formula is C23H30N2O3S. The van der Waals surface area contributed by atoms with Crippen LogP contribution >= 0.6 is 11.8 Å². The highest BCUT2D eigenvalue weighted by Crippen LogP contribution is 2.21. The Morgan fingerprint density at radius 2 is 1.69 bits per heavy atom. The van der Waals surface area contributed by atoms with Crippen LogP contribution in [-0.4, -0.2) is 29.4 Å². The van der Waals surface area contributed by atoms with Gasteiger partial charge in [-0.2, -0.15) is 0 Å². The van der Waals surface area contributed by atoms with Crippen LogP contribution in [0.5, 0.6) is 5.75 Å². The largest absolute Gasteiger partial charge is 0.494 e. The van der Waals surface area contributed by atoms with E-state index in [0.29, 0.717) is 13.0 Å². The number of para-hydroxylation sites is 1. The Morgan fingerprint density at radius 1 is 1.03 bits per heavy atom. The zero-order valence-corrected chi connectivity index (χ0v) is 18.4. The van der Waals surface area contributed by atoms with Crippen LogP contribution in [0.25, 0.3) is 0 Å². The number of benzene rings is 2. The van der Waals surface area contributed by atoms with Gasteiger partial charge in [-0.3, -0.25) is 9.59 Å². The summed E-state index contributed by atoms with van der Waals surface area (Å²) < 4.78 is 5.40. The molecule has 29 heavy (non-hydrogen) atoms. The summed E-state index contributed by atoms with van der Waals surface area (Å²) in [7, 11) is 0. The zero-order valence-electron chi connectivity index (χ0n) is 17.6. The van der Waals surface area contributed by atoms with Crippen molar-refractivity contribution < 1.29 is 14.3 Å². The second-order valence-corrected chi connectivity index (χ2v) is 8.33. The number of aryl methyl sites for hydroxylation is 2. The van der Waals surface area contributed by atoms with Crippen LogP contribution < -0.4 is 15.4 Å². The molecular weight excluding hydrogens is 384 g/mol. The Kier molecular flexibility index (Phi) is 9.06. The van der Waals surface area contributed by atoms with Crippen LogP contribution in [0.4, 0.5) is 11.4 Å². The molecule has 2 amide bonds. The highest BCUT2D eigenvalue weighted by Gasteiger charge is 2.14. The van der Waals surface area contributed by atoms with Gasteiger partial charge in [-0.05, 0) is 75.3 Å². The summed E-state index contributed by atoms with van der Waals surface area (Å²) in [6, 6.07) is 13.3. The minimum atomic E-state index is -0.191. The molecule has 0 aliphatic rings. The fourth-order valence-electron chi connectivity index (χ4n) is 2.83. The molecule has 2 rings (SSSR count). The van der Waals surface area contributed by atoms with Gasteiger partial charge >= 0.3 is 0 Å². The predicted octanol–water partition coefficient (Wildman–Crippen LogP) is 5.18. The summed E-state index contributed by atoms with van der Waals surface area (Å²) in [6.07, 6.45) is 1.16. The first-order valence-electron chi connectivity index (χ1n) is 9.92. The fraction of sp³-hybridized carbons (Fsp3) is 0.391. The van der Waals surface area contributed by atoms with Crippen molar-refractivity contribution in [3.63, 3.8) is 0 Å². The lowest BCUT2D eigenvalue weighted by Gasteiger charge is -2.13. The molecule has 2 aromatic carbocycles. The normalized spacial score (nSPS) is 11.6. The molecule has 2 N–H and O–H groups in total. The standard InChI is InChI=1S/C23H30N2O3S/c1-5-28-20-13-11-19(12-14-20)24-23(27)18(4)29-15-7-10-21(26)25-22-16(2)8-6-9-17(22)3/h6,8-9,11-14,18H,5,7,10,15H2,1-4H3,(H,24,27)(H,25,26). The van der Waals surface area contributed by atoms with Crippen LogP contribution in [0.15, 0.2) is 42.5 Å². The number of nitrogens with one attached hydrogen (secondary N) is 2. The summed E-state index contributed by atoms with van der Waals surface area (Å²) >= 11 is 1.55. The molecule has 156 valence electrons. The van der Waals surface area contributed by atoms with Gasteiger partial charge in [0.15, 0.2) is 0 Å². The van der Waals surface area contributed by atoms with Crippen molar-refractivity contribution >= 4 is 35.0 Å². The molecule has 1 atom stereocenters. The smallest absolute Gasteiger partial charge is 0.237 e. The Bertz CT molecular complexity index is 801. The van der Waals surface area contributed by atoms with E-state index in [9.17, 15) is 9.59 Å². The minimum Gasteiger partial charge on any atom is -0.494 e. The van der Waals surface area contributed by atoms with Crippen molar-refractivity contribution in [2.75, 3.05) is 23.0 Å². The van der Waals surface area contributed by atoms with Crippen LogP contribution in [0, 0.1) is 13.8 Å². The second-order valence-electron chi connectivity index (χ2n) is 6.88. The lowest BCUT2D eigenvalue weighted by atomic mass is 10.1. The first kappa shape index (κ1) is 22.8. The maximum Gasteiger partial charge on any atom is 0.237 e. The summed E-state index contributed by atoms with van der Waals surface area (Å²) in [6.45, 7) is 8.40. The van der Waals surface area contributed by atoms with E-state index in [1.165, 1.54) is 0 Å². The number of carbonyl (C=O) groups excluding carboxylic acids is 2. The predicted molar refractivity (Wildman–Crippen MR) is 122 cm³/mol. The lowest BCUT2D eigenvalue weighted by molar-refractivity contribution is -0.116. The van der Waals surface area contributed by atoms with Gasteiger partial charge < -0.3 is 15.4 Å². The highest BCUT2D eigenvalue weighted by molar-refractivity contribution is 8.00. The van der Waals surface area contributed by atoms with Gasteiger partial charge in [0.25, 0.3) is 0 Å². The minimum absolute atomic E-state index is 0.00879. The molecule has 0 saturated carbocycles. The number of rotatable bonds is 10. The van der Waals surface area contributed by atoms with Gasteiger partial charge in [0.1, 0.15) is 5.75 Å². The molecule has 5 nitrogen and oxygen atoms in total. The van der Waals surface area contributed by atoms with Gasteiger partial charge in [0.2, 0.25) is 11.8 Å². The van der Waals surface area contributed by atoms with Crippen molar-refractivity contribution in [2.24, 2.45) is 0 Å². The molecule has 1 unspecified atom stereocenters. The molecule has 2 aromatic rings.